The van der Waals surface area contributed by atoms with E-state index >= 15 is 0 Å². The average molecular weight is 349 g/mol. The molecule has 0 radical (unpaired) electrons. The van der Waals surface area contributed by atoms with Gasteiger partial charge in [0.15, 0.2) is 5.78 Å². The number of hydrogen-bond donors (Lipinski definition) is 2. The van der Waals surface area contributed by atoms with Crippen molar-refractivity contribution in [1.82, 2.24) is 4.57 Å². The molecule has 1 heterocycles. The second-order valence-electron chi connectivity index (χ2n) is 6.21. The van der Waals surface area contributed by atoms with Crippen LogP contribution < -0.4 is 11.3 Å². The fourth-order valence-electron chi connectivity index (χ4n) is 2.99. The maximum atomic E-state index is 12.5. The van der Waals surface area contributed by atoms with Crippen molar-refractivity contribution in [3.05, 3.63) is 88.2 Å². The highest BCUT2D eigenvalue weighted by Gasteiger charge is 2.19. The zero-order valence-electron chi connectivity index (χ0n) is 14.6. The van der Waals surface area contributed by atoms with Crippen molar-refractivity contribution >= 4 is 16.7 Å². The minimum absolute atomic E-state index is 0.00767. The second kappa shape index (κ2) is 7.37. The summed E-state index contributed by atoms with van der Waals surface area (Å²) >= 11 is 0. The normalized spacial score (nSPS) is 12.5. The Morgan fingerprint density at radius 1 is 1.15 bits per heavy atom. The fraction of sp³-hybridized carbons (Fsp3) is 0.143. The predicted octanol–water partition coefficient (Wildman–Crippen LogP) is 2.36. The number of ketones is 1. The standard InChI is InChI=1S/C21H20N2O3/c1-23-17-12-6-5-10-15(17)20(25)19(21(23)26)18(24)13-7-11-16(22)14-8-3-2-4-9-14/h2-10,12-13,16,25H,11,22H2,1H3/p+1/b13-7+/t16-/m1/s1. The first-order valence-electron chi connectivity index (χ1n) is 8.40. The van der Waals surface area contributed by atoms with Crippen LogP contribution in [0.1, 0.15) is 28.4 Å². The molecule has 5 heteroatoms. The molecule has 0 saturated heterocycles. The van der Waals surface area contributed by atoms with E-state index in [-0.39, 0.29) is 17.4 Å². The molecule has 0 unspecified atom stereocenters. The van der Waals surface area contributed by atoms with Gasteiger partial charge in [-0.2, -0.15) is 0 Å². The van der Waals surface area contributed by atoms with Gasteiger partial charge in [-0.3, -0.25) is 9.59 Å². The van der Waals surface area contributed by atoms with E-state index in [1.807, 2.05) is 30.3 Å². The maximum Gasteiger partial charge on any atom is 0.265 e. The number of pyridine rings is 1. The Bertz CT molecular complexity index is 1040. The number of allylic oxidation sites excluding steroid dienone is 1. The smallest absolute Gasteiger partial charge is 0.265 e. The van der Waals surface area contributed by atoms with E-state index in [1.165, 1.54) is 10.6 Å². The number of aromatic nitrogens is 1. The minimum atomic E-state index is -0.509. The fourth-order valence-corrected chi connectivity index (χ4v) is 2.99. The molecule has 2 aromatic carbocycles. The first-order valence-corrected chi connectivity index (χ1v) is 8.40. The number of rotatable bonds is 5. The molecule has 3 aromatic rings. The summed E-state index contributed by atoms with van der Waals surface area (Å²) < 4.78 is 1.38. The van der Waals surface area contributed by atoms with E-state index in [2.05, 4.69) is 5.73 Å². The number of quaternary nitrogens is 1. The van der Waals surface area contributed by atoms with Crippen LogP contribution in [0.3, 0.4) is 0 Å². The Balaban J connectivity index is 1.87. The molecule has 0 aliphatic rings. The van der Waals surface area contributed by atoms with Crippen LogP contribution in [0.2, 0.25) is 0 Å². The lowest BCUT2D eigenvalue weighted by atomic mass is 10.0. The number of fused-ring (bicyclic) bond motifs is 1. The van der Waals surface area contributed by atoms with Gasteiger partial charge in [0, 0.05) is 24.4 Å². The molecule has 0 amide bonds. The van der Waals surface area contributed by atoms with Gasteiger partial charge in [-0.25, -0.2) is 0 Å². The second-order valence-corrected chi connectivity index (χ2v) is 6.21. The SMILES string of the molecule is Cn1c(=O)c(C(=O)/C=C/C[C@@H]([NH3+])c2ccccc2)c(O)c2ccccc21. The Morgan fingerprint density at radius 3 is 2.54 bits per heavy atom. The van der Waals surface area contributed by atoms with Crippen molar-refractivity contribution in [2.45, 2.75) is 12.5 Å². The van der Waals surface area contributed by atoms with Crippen LogP contribution in [0, 0.1) is 0 Å². The molecule has 0 fully saturated rings. The summed E-state index contributed by atoms with van der Waals surface area (Å²) in [5.74, 6) is -0.776. The first-order chi connectivity index (χ1) is 12.5. The van der Waals surface area contributed by atoms with Gasteiger partial charge in [0.25, 0.3) is 5.56 Å². The molecule has 5 nitrogen and oxygen atoms in total. The van der Waals surface area contributed by atoms with Crippen LogP contribution in [-0.2, 0) is 7.05 Å². The molecule has 0 spiro atoms. The Morgan fingerprint density at radius 2 is 1.81 bits per heavy atom. The van der Waals surface area contributed by atoms with E-state index in [0.29, 0.717) is 17.3 Å². The highest BCUT2D eigenvalue weighted by molar-refractivity contribution is 6.09. The Kier molecular flexibility index (Phi) is 5.00. The summed E-state index contributed by atoms with van der Waals surface area (Å²) in [5, 5.41) is 10.9. The van der Waals surface area contributed by atoms with Crippen molar-refractivity contribution in [2.24, 2.45) is 7.05 Å². The van der Waals surface area contributed by atoms with Crippen LogP contribution in [0.15, 0.2) is 71.5 Å². The molecule has 4 N–H and O–H groups in total. The van der Waals surface area contributed by atoms with Crippen LogP contribution in [-0.4, -0.2) is 15.5 Å². The Hall–Kier alpha value is -3.18. The molecular formula is C21H21N2O3+. The highest BCUT2D eigenvalue weighted by atomic mass is 16.3. The minimum Gasteiger partial charge on any atom is -0.506 e. The van der Waals surface area contributed by atoms with Crippen molar-refractivity contribution in [2.75, 3.05) is 0 Å². The van der Waals surface area contributed by atoms with Crippen LogP contribution in [0.25, 0.3) is 10.9 Å². The summed E-state index contributed by atoms with van der Waals surface area (Å²) in [7, 11) is 1.59. The third kappa shape index (κ3) is 3.30. The molecular weight excluding hydrogens is 328 g/mol. The number of aromatic hydroxyl groups is 1. The third-order valence-electron chi connectivity index (χ3n) is 4.48. The molecule has 26 heavy (non-hydrogen) atoms. The zero-order chi connectivity index (χ0) is 18.7. The molecule has 0 bridgehead atoms. The number of carbonyl (C=O) groups is 1. The number of nitrogens with zero attached hydrogens (tertiary/aromatic N) is 1. The highest BCUT2D eigenvalue weighted by Crippen LogP contribution is 2.26. The molecule has 1 atom stereocenters. The monoisotopic (exact) mass is 349 g/mol. The van der Waals surface area contributed by atoms with Crippen molar-refractivity contribution in [3.8, 4) is 5.75 Å². The summed E-state index contributed by atoms with van der Waals surface area (Å²) in [6.45, 7) is 0. The number of aryl methyl sites for hydroxylation is 1. The maximum absolute atomic E-state index is 12.5. The lowest BCUT2D eigenvalue weighted by molar-refractivity contribution is -0.425. The summed E-state index contributed by atoms with van der Waals surface area (Å²) in [6, 6.07) is 16.8. The lowest BCUT2D eigenvalue weighted by Crippen LogP contribution is -2.53. The van der Waals surface area contributed by atoms with E-state index in [4.69, 9.17) is 0 Å². The molecule has 132 valence electrons. The van der Waals surface area contributed by atoms with E-state index in [1.54, 1.807) is 37.4 Å². The van der Waals surface area contributed by atoms with Gasteiger partial charge >= 0.3 is 0 Å². The molecule has 0 aliphatic carbocycles. The quantitative estimate of drug-likeness (QED) is 0.547. The van der Waals surface area contributed by atoms with Gasteiger partial charge in [0.05, 0.1) is 5.52 Å². The molecule has 0 saturated carbocycles. The summed E-state index contributed by atoms with van der Waals surface area (Å²) in [6.07, 6.45) is 3.60. The van der Waals surface area contributed by atoms with E-state index in [0.717, 1.165) is 5.56 Å². The van der Waals surface area contributed by atoms with Gasteiger partial charge in [-0.05, 0) is 18.2 Å². The van der Waals surface area contributed by atoms with Gasteiger partial charge < -0.3 is 15.4 Å². The topological polar surface area (TPSA) is 86.9 Å². The van der Waals surface area contributed by atoms with Gasteiger partial charge in [-0.1, -0.05) is 48.5 Å². The number of benzene rings is 2. The van der Waals surface area contributed by atoms with Crippen LogP contribution >= 0.6 is 0 Å². The van der Waals surface area contributed by atoms with E-state index in [9.17, 15) is 14.7 Å². The molecule has 1 aromatic heterocycles. The van der Waals surface area contributed by atoms with Gasteiger partial charge in [0.1, 0.15) is 17.4 Å². The zero-order valence-corrected chi connectivity index (χ0v) is 14.6. The van der Waals surface area contributed by atoms with Gasteiger partial charge in [-0.15, -0.1) is 0 Å². The third-order valence-corrected chi connectivity index (χ3v) is 4.48. The number of hydrogen-bond acceptors (Lipinski definition) is 3. The van der Waals surface area contributed by atoms with Crippen molar-refractivity contribution in [1.29, 1.82) is 0 Å². The van der Waals surface area contributed by atoms with E-state index < -0.39 is 11.3 Å². The van der Waals surface area contributed by atoms with Gasteiger partial charge in [0.2, 0.25) is 0 Å². The van der Waals surface area contributed by atoms with Crippen molar-refractivity contribution < 1.29 is 15.6 Å². The van der Waals surface area contributed by atoms with Crippen molar-refractivity contribution in [3.63, 3.8) is 0 Å². The summed E-state index contributed by atoms with van der Waals surface area (Å²) in [4.78, 5) is 25.0. The number of carbonyl (C=O) groups excluding carboxylic acids is 1. The Labute approximate surface area is 151 Å². The predicted molar refractivity (Wildman–Crippen MR) is 101 cm³/mol. The molecule has 0 aliphatic heterocycles. The first kappa shape index (κ1) is 17.6. The number of para-hydroxylation sites is 1. The average Bonchev–Trinajstić information content (AvgIpc) is 2.67. The van der Waals surface area contributed by atoms with Crippen LogP contribution in [0.4, 0.5) is 0 Å². The lowest BCUT2D eigenvalue weighted by Gasteiger charge is -2.10. The molecule has 3 rings (SSSR count). The van der Waals surface area contributed by atoms with Crippen LogP contribution in [0.5, 0.6) is 5.75 Å². The summed E-state index contributed by atoms with van der Waals surface area (Å²) in [5.41, 5.74) is 5.03. The largest absolute Gasteiger partial charge is 0.506 e.